The van der Waals surface area contributed by atoms with Crippen LogP contribution >= 0.6 is 0 Å². The van der Waals surface area contributed by atoms with Gasteiger partial charge in [-0.15, -0.1) is 0 Å². The molecule has 104 valence electrons. The van der Waals surface area contributed by atoms with E-state index >= 15 is 0 Å². The third-order valence-electron chi connectivity index (χ3n) is 3.26. The summed E-state index contributed by atoms with van der Waals surface area (Å²) in [5, 5.41) is 3.23. The van der Waals surface area contributed by atoms with E-state index in [0.29, 0.717) is 19.7 Å². The summed E-state index contributed by atoms with van der Waals surface area (Å²) in [6.45, 7) is 1.71. The van der Waals surface area contributed by atoms with Gasteiger partial charge in [-0.25, -0.2) is 0 Å². The molecule has 1 N–H and O–H groups in total. The van der Waals surface area contributed by atoms with Crippen molar-refractivity contribution in [2.24, 2.45) is 0 Å². The smallest absolute Gasteiger partial charge is 0.238 e. The van der Waals surface area contributed by atoms with Crippen molar-refractivity contribution in [3.63, 3.8) is 0 Å². The van der Waals surface area contributed by atoms with Crippen LogP contribution < -0.4 is 10.1 Å². The highest BCUT2D eigenvalue weighted by atomic mass is 16.5. The van der Waals surface area contributed by atoms with E-state index in [4.69, 9.17) is 9.47 Å². The average molecular weight is 264 g/mol. The van der Waals surface area contributed by atoms with E-state index in [-0.39, 0.29) is 12.1 Å². The van der Waals surface area contributed by atoms with Gasteiger partial charge < -0.3 is 14.4 Å². The van der Waals surface area contributed by atoms with Gasteiger partial charge in [0.2, 0.25) is 5.91 Å². The summed E-state index contributed by atoms with van der Waals surface area (Å²) in [6.07, 6.45) is 0.718. The number of benzene rings is 1. The van der Waals surface area contributed by atoms with Crippen molar-refractivity contribution in [2.45, 2.75) is 12.6 Å². The summed E-state index contributed by atoms with van der Waals surface area (Å²) in [7, 11) is 3.31. The number of amides is 1. The summed E-state index contributed by atoms with van der Waals surface area (Å²) in [4.78, 5) is 13.8. The molecular formula is C14H20N2O3. The lowest BCUT2D eigenvalue weighted by Gasteiger charge is -2.25. The monoisotopic (exact) mass is 264 g/mol. The number of carbonyl (C=O) groups excluding carboxylic acids is 1. The Morgan fingerprint density at radius 3 is 2.89 bits per heavy atom. The lowest BCUT2D eigenvalue weighted by molar-refractivity contribution is -0.128. The highest BCUT2D eigenvalue weighted by molar-refractivity contribution is 5.81. The molecule has 19 heavy (non-hydrogen) atoms. The van der Waals surface area contributed by atoms with Crippen molar-refractivity contribution in [3.05, 3.63) is 29.8 Å². The number of nitrogens with one attached hydrogen (secondary N) is 1. The zero-order chi connectivity index (χ0) is 13.7. The third kappa shape index (κ3) is 3.05. The van der Waals surface area contributed by atoms with Crippen LogP contribution in [-0.4, -0.2) is 44.7 Å². The number of hydrogen-bond acceptors (Lipinski definition) is 4. The summed E-state index contributed by atoms with van der Waals surface area (Å²) in [5.74, 6) is 0.915. The molecule has 1 heterocycles. The summed E-state index contributed by atoms with van der Waals surface area (Å²) >= 11 is 0. The molecule has 0 aliphatic carbocycles. The third-order valence-corrected chi connectivity index (χ3v) is 3.26. The predicted molar refractivity (Wildman–Crippen MR) is 71.9 cm³/mol. The Bertz CT molecular complexity index is 436. The minimum atomic E-state index is -0.111. The number of ether oxygens (including phenoxy) is 2. The Balaban J connectivity index is 2.15. The molecule has 0 aromatic heterocycles. The van der Waals surface area contributed by atoms with Gasteiger partial charge in [0, 0.05) is 25.8 Å². The minimum absolute atomic E-state index is 0.111. The maximum atomic E-state index is 11.9. The Hall–Kier alpha value is -1.59. The molecule has 1 fully saturated rings. The highest BCUT2D eigenvalue weighted by Gasteiger charge is 2.32. The molecular weight excluding hydrogens is 244 g/mol. The molecule has 1 aromatic carbocycles. The van der Waals surface area contributed by atoms with Crippen LogP contribution in [0.5, 0.6) is 5.75 Å². The number of rotatable bonds is 6. The zero-order valence-corrected chi connectivity index (χ0v) is 11.4. The van der Waals surface area contributed by atoms with E-state index in [0.717, 1.165) is 17.7 Å². The van der Waals surface area contributed by atoms with Gasteiger partial charge in [0.1, 0.15) is 11.9 Å². The molecule has 1 unspecified atom stereocenters. The van der Waals surface area contributed by atoms with Crippen LogP contribution in [0.4, 0.5) is 0 Å². The van der Waals surface area contributed by atoms with Crippen LogP contribution in [0.1, 0.15) is 18.2 Å². The first-order valence-electron chi connectivity index (χ1n) is 6.42. The predicted octanol–water partition coefficient (Wildman–Crippen LogP) is 1.16. The first-order valence-corrected chi connectivity index (χ1v) is 6.42. The van der Waals surface area contributed by atoms with E-state index in [1.54, 1.807) is 14.2 Å². The summed E-state index contributed by atoms with van der Waals surface area (Å²) < 4.78 is 10.4. The van der Waals surface area contributed by atoms with Gasteiger partial charge in [-0.2, -0.15) is 0 Å². The van der Waals surface area contributed by atoms with E-state index in [2.05, 4.69) is 5.32 Å². The summed E-state index contributed by atoms with van der Waals surface area (Å²) in [6, 6.07) is 7.77. The van der Waals surface area contributed by atoms with Gasteiger partial charge in [0.15, 0.2) is 0 Å². The molecule has 5 heteroatoms. The van der Waals surface area contributed by atoms with E-state index < -0.39 is 0 Å². The van der Waals surface area contributed by atoms with Crippen LogP contribution in [0.15, 0.2) is 24.3 Å². The second-order valence-electron chi connectivity index (χ2n) is 4.46. The van der Waals surface area contributed by atoms with E-state index in [1.165, 1.54) is 0 Å². The molecule has 1 atom stereocenters. The van der Waals surface area contributed by atoms with Crippen LogP contribution in [0, 0.1) is 0 Å². The Morgan fingerprint density at radius 1 is 1.37 bits per heavy atom. The zero-order valence-electron chi connectivity index (χ0n) is 11.4. The quantitative estimate of drug-likeness (QED) is 0.783. The van der Waals surface area contributed by atoms with Gasteiger partial charge in [0.25, 0.3) is 0 Å². The van der Waals surface area contributed by atoms with Crippen LogP contribution in [0.2, 0.25) is 0 Å². The van der Waals surface area contributed by atoms with Crippen molar-refractivity contribution < 1.29 is 14.3 Å². The Kier molecular flexibility index (Phi) is 4.76. The van der Waals surface area contributed by atoms with Gasteiger partial charge in [-0.1, -0.05) is 18.2 Å². The molecule has 0 saturated carbocycles. The maximum Gasteiger partial charge on any atom is 0.238 e. The molecule has 1 aliphatic heterocycles. The SMILES string of the molecule is COCCCN1C(=O)CNC1c1ccccc1OC. The second-order valence-corrected chi connectivity index (χ2v) is 4.46. The van der Waals surface area contributed by atoms with Gasteiger partial charge in [-0.05, 0) is 12.5 Å². The number of carbonyl (C=O) groups is 1. The highest BCUT2D eigenvalue weighted by Crippen LogP contribution is 2.29. The molecule has 1 aromatic rings. The van der Waals surface area contributed by atoms with Gasteiger partial charge in [-0.3, -0.25) is 10.1 Å². The van der Waals surface area contributed by atoms with Crippen molar-refractivity contribution in [2.75, 3.05) is 33.9 Å². The normalized spacial score (nSPS) is 18.9. The molecule has 1 amide bonds. The van der Waals surface area contributed by atoms with Crippen molar-refractivity contribution >= 4 is 5.91 Å². The standard InChI is InChI=1S/C14H20N2O3/c1-18-9-5-8-16-13(17)10-15-14(16)11-6-3-4-7-12(11)19-2/h3-4,6-7,14-15H,5,8-10H2,1-2H3. The summed E-state index contributed by atoms with van der Waals surface area (Å²) in [5.41, 5.74) is 0.994. The molecule has 5 nitrogen and oxygen atoms in total. The molecule has 2 rings (SSSR count). The molecule has 0 radical (unpaired) electrons. The lowest BCUT2D eigenvalue weighted by atomic mass is 10.1. The molecule has 1 saturated heterocycles. The van der Waals surface area contributed by atoms with Crippen molar-refractivity contribution in [3.8, 4) is 5.75 Å². The number of para-hydroxylation sites is 1. The fourth-order valence-corrected chi connectivity index (χ4v) is 2.34. The molecule has 0 spiro atoms. The average Bonchev–Trinajstić information content (AvgIpc) is 2.80. The number of methoxy groups -OCH3 is 2. The Labute approximate surface area is 113 Å². The first kappa shape index (κ1) is 13.8. The van der Waals surface area contributed by atoms with Crippen molar-refractivity contribution in [1.29, 1.82) is 0 Å². The number of nitrogens with zero attached hydrogens (tertiary/aromatic N) is 1. The van der Waals surface area contributed by atoms with E-state index in [9.17, 15) is 4.79 Å². The number of hydrogen-bond donors (Lipinski definition) is 1. The van der Waals surface area contributed by atoms with Crippen LogP contribution in [0.25, 0.3) is 0 Å². The largest absolute Gasteiger partial charge is 0.496 e. The molecule has 1 aliphatic rings. The first-order chi connectivity index (χ1) is 9.27. The Morgan fingerprint density at radius 2 is 2.16 bits per heavy atom. The van der Waals surface area contributed by atoms with Crippen LogP contribution in [-0.2, 0) is 9.53 Å². The topological polar surface area (TPSA) is 50.8 Å². The van der Waals surface area contributed by atoms with Crippen LogP contribution in [0.3, 0.4) is 0 Å². The fraction of sp³-hybridized carbons (Fsp3) is 0.500. The maximum absolute atomic E-state index is 11.9. The van der Waals surface area contributed by atoms with E-state index in [1.807, 2.05) is 29.2 Å². The second kappa shape index (κ2) is 6.54. The van der Waals surface area contributed by atoms with Crippen molar-refractivity contribution in [1.82, 2.24) is 10.2 Å². The fourth-order valence-electron chi connectivity index (χ4n) is 2.34. The van der Waals surface area contributed by atoms with Gasteiger partial charge in [0.05, 0.1) is 13.7 Å². The minimum Gasteiger partial charge on any atom is -0.496 e. The molecule has 0 bridgehead atoms. The lowest BCUT2D eigenvalue weighted by Crippen LogP contribution is -2.32. The van der Waals surface area contributed by atoms with Gasteiger partial charge >= 0.3 is 0 Å².